The summed E-state index contributed by atoms with van der Waals surface area (Å²) in [5.74, 6) is -18.6. The maximum absolute atomic E-state index is 15.8. The van der Waals surface area contributed by atoms with Crippen molar-refractivity contribution in [1.82, 2.24) is 9.80 Å². The largest absolute Gasteiger partial charge is 0.459 e. The minimum atomic E-state index is -5.27. The quantitative estimate of drug-likeness (QED) is 0.306. The molecule has 11 aliphatic rings. The van der Waals surface area contributed by atoms with Crippen LogP contribution in [0.2, 0.25) is 0 Å². The number of alkyl halides is 6. The molecule has 14 bridgehead atoms. The molecule has 7 aliphatic heterocycles. The van der Waals surface area contributed by atoms with Gasteiger partial charge >= 0.3 is 12.4 Å². The van der Waals surface area contributed by atoms with Crippen LogP contribution in [0, 0.1) is 71.0 Å². The van der Waals surface area contributed by atoms with Gasteiger partial charge in [0.1, 0.15) is 11.5 Å². The van der Waals surface area contributed by atoms with E-state index in [1.165, 1.54) is 6.08 Å². The van der Waals surface area contributed by atoms with E-state index in [0.29, 0.717) is 16.9 Å². The third-order valence-corrected chi connectivity index (χ3v) is 14.3. The molecule has 4 saturated heterocycles. The molecule has 0 unspecified atom stereocenters. The fourth-order valence-electron chi connectivity index (χ4n) is 13.5. The van der Waals surface area contributed by atoms with Crippen LogP contribution in [0.5, 0.6) is 5.75 Å². The molecule has 0 spiro atoms. The normalized spacial score (nSPS) is 48.5. The van der Waals surface area contributed by atoms with Crippen molar-refractivity contribution in [2.45, 2.75) is 36.4 Å². The molecule has 12 rings (SSSR count). The molecule has 14 heteroatoms. The zero-order valence-electron chi connectivity index (χ0n) is 24.8. The first kappa shape index (κ1) is 28.2. The smallest absolute Gasteiger partial charge is 0.418 e. The van der Waals surface area contributed by atoms with E-state index in [2.05, 4.69) is 0 Å². The number of carbonyl (C=O) groups excluding carboxylic acids is 4. The first-order chi connectivity index (χ1) is 22.7. The van der Waals surface area contributed by atoms with Crippen LogP contribution in [0.25, 0.3) is 5.57 Å². The van der Waals surface area contributed by atoms with Crippen LogP contribution in [-0.4, -0.2) is 70.1 Å². The number of ether oxygens (including phenoxy) is 2. The van der Waals surface area contributed by atoms with E-state index in [1.807, 2.05) is 0 Å². The van der Waals surface area contributed by atoms with Crippen LogP contribution in [-0.2, 0) is 23.9 Å². The van der Waals surface area contributed by atoms with Gasteiger partial charge in [-0.15, -0.1) is 0 Å². The maximum atomic E-state index is 15.8. The molecule has 0 aromatic heterocycles. The molecule has 14 atom stereocenters. The Balaban J connectivity index is 1.17. The molecular weight excluding hydrogens is 646 g/mol. The van der Waals surface area contributed by atoms with E-state index in [-0.39, 0.29) is 31.7 Å². The van der Waals surface area contributed by atoms with Crippen LogP contribution in [0.4, 0.5) is 26.3 Å². The van der Waals surface area contributed by atoms with Crippen LogP contribution in [0.15, 0.2) is 42.2 Å². The molecule has 48 heavy (non-hydrogen) atoms. The molecule has 0 N–H and O–H groups in total. The summed E-state index contributed by atoms with van der Waals surface area (Å²) in [6.07, 6.45) is -7.64. The molecule has 250 valence electrons. The fraction of sp³-hybridized carbons (Fsp3) is 0.588. The van der Waals surface area contributed by atoms with Crippen molar-refractivity contribution in [2.75, 3.05) is 13.1 Å². The summed E-state index contributed by atoms with van der Waals surface area (Å²) in [6, 6.07) is 6.79. The number of amides is 4. The SMILES string of the molecule is O=C1[C@@H]2[C@H]3C[C@H]4[C@@H]2C(=O)N1CC1=CC=C(CN2C(=O)[C@@H]5[C@H]6C[C@@H]([C@@H]5C2=O)[C@H]2[C@@H]6[C@@]5(C(F)(F)F)O[C@]2(C(F)(F)F)[C@H]3[C@H]45)c2ccccc2O1. The summed E-state index contributed by atoms with van der Waals surface area (Å²) in [5.41, 5.74) is -5.56. The minimum Gasteiger partial charge on any atom is -0.459 e. The summed E-state index contributed by atoms with van der Waals surface area (Å²) in [7, 11) is 0. The number of halogens is 6. The van der Waals surface area contributed by atoms with Crippen LogP contribution >= 0.6 is 0 Å². The Hall–Kier alpha value is -3.68. The van der Waals surface area contributed by atoms with Gasteiger partial charge in [-0.3, -0.25) is 29.0 Å². The third-order valence-electron chi connectivity index (χ3n) is 14.3. The van der Waals surface area contributed by atoms with Crippen molar-refractivity contribution in [3.05, 3.63) is 47.7 Å². The number of hydrogen-bond donors (Lipinski definition) is 0. The van der Waals surface area contributed by atoms with E-state index in [9.17, 15) is 19.2 Å². The molecular formula is C34H26F6N2O6. The molecule has 4 aliphatic carbocycles. The predicted octanol–water partition coefficient (Wildman–Crippen LogP) is 3.97. The van der Waals surface area contributed by atoms with Gasteiger partial charge in [0.25, 0.3) is 0 Å². The first-order valence-electron chi connectivity index (χ1n) is 16.4. The monoisotopic (exact) mass is 672 g/mol. The number of para-hydroxylation sites is 1. The van der Waals surface area contributed by atoms with E-state index >= 15 is 26.3 Å². The van der Waals surface area contributed by atoms with Crippen molar-refractivity contribution in [3.63, 3.8) is 0 Å². The summed E-state index contributed by atoms with van der Waals surface area (Å²) < 4.78 is 107. The van der Waals surface area contributed by atoms with E-state index in [0.717, 1.165) is 9.80 Å². The molecule has 8 nitrogen and oxygen atoms in total. The van der Waals surface area contributed by atoms with E-state index < -0.39 is 118 Å². The highest BCUT2D eigenvalue weighted by molar-refractivity contribution is 6.08. The van der Waals surface area contributed by atoms with Crippen molar-refractivity contribution >= 4 is 29.2 Å². The lowest BCUT2D eigenvalue weighted by atomic mass is 9.46. The van der Waals surface area contributed by atoms with E-state index in [1.54, 1.807) is 30.3 Å². The lowest BCUT2D eigenvalue weighted by Gasteiger charge is -2.53. The number of fused-ring (bicyclic) bond motifs is 1. The lowest BCUT2D eigenvalue weighted by molar-refractivity contribution is -0.329. The number of allylic oxidation sites excluding steroid dienone is 2. The highest BCUT2D eigenvalue weighted by Gasteiger charge is 2.97. The second-order valence-electron chi connectivity index (χ2n) is 15.5. The molecule has 8 fully saturated rings. The Morgan fingerprint density at radius 1 is 0.625 bits per heavy atom. The fourth-order valence-corrected chi connectivity index (χ4v) is 13.5. The van der Waals surface area contributed by atoms with Crippen molar-refractivity contribution in [2.24, 2.45) is 71.0 Å². The lowest BCUT2D eigenvalue weighted by Crippen LogP contribution is -2.66. The second-order valence-corrected chi connectivity index (χ2v) is 15.5. The Labute approximate surface area is 268 Å². The van der Waals surface area contributed by atoms with Gasteiger partial charge in [0.2, 0.25) is 23.6 Å². The molecule has 0 radical (unpaired) electrons. The van der Waals surface area contributed by atoms with Crippen LogP contribution in [0.3, 0.4) is 0 Å². The summed E-state index contributed by atoms with van der Waals surface area (Å²) in [6.45, 7) is -0.639. The zero-order valence-corrected chi connectivity index (χ0v) is 24.8. The standard InChI is InChI=1S/C34H26F6N2O6/c35-33(36,37)31-23-14-7-15-20-19(14)27(43)41(28(20)44)9-11-5-6-12(47-18-4-2-1-3-13(11)18)10-42-29(45)21-16-8-17(22(21)30(42)46)26(25(16)31)32(48-31,24(15)23)34(38,39)40/h1-6,14-17,19-26H,7-10H2/t14-,15+,16+,17-,19-,20+,21+,22-,23-,24+,25+,26-,31-,32+. The van der Waals surface area contributed by atoms with Crippen LogP contribution in [0.1, 0.15) is 18.4 Å². The molecule has 1 aromatic carbocycles. The third kappa shape index (κ3) is 2.68. The van der Waals surface area contributed by atoms with Gasteiger partial charge in [-0.05, 0) is 54.2 Å². The summed E-state index contributed by atoms with van der Waals surface area (Å²) >= 11 is 0. The number of rotatable bonds is 0. The Kier molecular flexibility index (Phi) is 4.71. The van der Waals surface area contributed by atoms with Gasteiger partial charge in [-0.1, -0.05) is 24.3 Å². The topological polar surface area (TPSA) is 93.2 Å². The molecule has 1 aromatic rings. The predicted molar refractivity (Wildman–Crippen MR) is 146 cm³/mol. The molecule has 7 heterocycles. The first-order valence-corrected chi connectivity index (χ1v) is 16.4. The highest BCUT2D eigenvalue weighted by Crippen LogP contribution is 2.86. The van der Waals surface area contributed by atoms with Crippen molar-refractivity contribution in [3.8, 4) is 5.75 Å². The number of imide groups is 2. The Morgan fingerprint density at radius 3 is 1.52 bits per heavy atom. The van der Waals surface area contributed by atoms with Crippen LogP contribution < -0.4 is 4.74 Å². The Morgan fingerprint density at radius 2 is 1.06 bits per heavy atom. The van der Waals surface area contributed by atoms with Gasteiger partial charge in [-0.2, -0.15) is 26.3 Å². The van der Waals surface area contributed by atoms with Crippen molar-refractivity contribution < 1.29 is 55.0 Å². The van der Waals surface area contributed by atoms with Gasteiger partial charge in [-0.25, -0.2) is 0 Å². The number of carbonyl (C=O) groups is 4. The summed E-state index contributed by atoms with van der Waals surface area (Å²) in [4.78, 5) is 58.3. The highest BCUT2D eigenvalue weighted by atomic mass is 19.4. The maximum Gasteiger partial charge on any atom is 0.418 e. The average Bonchev–Trinajstić information content (AvgIpc) is 3.87. The Bertz CT molecular complexity index is 1800. The van der Waals surface area contributed by atoms with Gasteiger partial charge < -0.3 is 9.47 Å². The van der Waals surface area contributed by atoms with Crippen molar-refractivity contribution in [1.29, 1.82) is 0 Å². The van der Waals surface area contributed by atoms with Gasteiger partial charge in [0, 0.05) is 29.2 Å². The number of hydrogen-bond acceptors (Lipinski definition) is 6. The van der Waals surface area contributed by atoms with Gasteiger partial charge in [0.05, 0.1) is 36.8 Å². The number of nitrogens with zero attached hydrogens (tertiary/aromatic N) is 2. The zero-order chi connectivity index (χ0) is 33.2. The number of benzene rings is 1. The molecule has 4 saturated carbocycles. The second kappa shape index (κ2) is 8.03. The summed E-state index contributed by atoms with van der Waals surface area (Å²) in [5, 5.41) is 0. The van der Waals surface area contributed by atoms with Gasteiger partial charge in [0.15, 0.2) is 11.2 Å². The average molecular weight is 673 g/mol. The molecule has 4 amide bonds. The minimum absolute atomic E-state index is 0.117. The van der Waals surface area contributed by atoms with E-state index in [4.69, 9.17) is 9.47 Å².